The molecular weight excluding hydrogens is 342 g/mol. The second-order valence-corrected chi connectivity index (χ2v) is 8.13. The number of ether oxygens (including phenoxy) is 1. The Labute approximate surface area is 162 Å². The minimum absolute atomic E-state index is 0.0495. The van der Waals surface area contributed by atoms with E-state index < -0.39 is 5.60 Å². The average Bonchev–Trinajstić information content (AvgIpc) is 2.61. The van der Waals surface area contributed by atoms with Crippen LogP contribution in [0.1, 0.15) is 78.3 Å². The SMILES string of the molecule is CCCCN(C(=O)OC(C)(C)C)c1ncccc1[C@@H]1CCCCN1C(C)=O. The Bertz CT molecular complexity index is 654. The number of anilines is 1. The van der Waals surface area contributed by atoms with Gasteiger partial charge in [0.1, 0.15) is 11.4 Å². The normalized spacial score (nSPS) is 17.5. The first-order valence-electron chi connectivity index (χ1n) is 9.97. The lowest BCUT2D eigenvalue weighted by Crippen LogP contribution is -2.41. The Morgan fingerprint density at radius 1 is 1.33 bits per heavy atom. The number of aromatic nitrogens is 1. The molecule has 0 aromatic carbocycles. The standard InChI is InChI=1S/C21H33N3O3/c1-6-7-14-24(20(26)27-21(3,4)5)19-17(11-10-13-22-19)18-12-8-9-15-23(18)16(2)25/h10-11,13,18H,6-9,12,14-15H2,1-5H3/t18-/m0/s1. The number of piperidine rings is 1. The van der Waals surface area contributed by atoms with E-state index in [1.54, 1.807) is 18.0 Å². The van der Waals surface area contributed by atoms with Crippen molar-refractivity contribution in [2.24, 2.45) is 0 Å². The van der Waals surface area contributed by atoms with Crippen molar-refractivity contribution in [1.29, 1.82) is 0 Å². The van der Waals surface area contributed by atoms with Crippen LogP contribution < -0.4 is 4.90 Å². The third-order valence-electron chi connectivity index (χ3n) is 4.69. The molecule has 1 aromatic heterocycles. The molecule has 1 atom stereocenters. The molecule has 2 heterocycles. The van der Waals surface area contributed by atoms with E-state index in [0.717, 1.165) is 44.2 Å². The molecule has 1 aromatic rings. The van der Waals surface area contributed by atoms with Crippen molar-refractivity contribution in [1.82, 2.24) is 9.88 Å². The maximum Gasteiger partial charge on any atom is 0.416 e. The molecule has 0 radical (unpaired) electrons. The molecule has 27 heavy (non-hydrogen) atoms. The molecule has 0 spiro atoms. The van der Waals surface area contributed by atoms with Crippen molar-refractivity contribution < 1.29 is 14.3 Å². The number of amides is 2. The number of hydrogen-bond donors (Lipinski definition) is 0. The highest BCUT2D eigenvalue weighted by molar-refractivity contribution is 5.88. The Morgan fingerprint density at radius 2 is 2.07 bits per heavy atom. The number of unbranched alkanes of at least 4 members (excludes halogenated alkanes) is 1. The van der Waals surface area contributed by atoms with Gasteiger partial charge in [-0.25, -0.2) is 9.78 Å². The van der Waals surface area contributed by atoms with Gasteiger partial charge in [-0.05, 0) is 52.5 Å². The van der Waals surface area contributed by atoms with Gasteiger partial charge in [0.05, 0.1) is 6.04 Å². The van der Waals surface area contributed by atoms with Crippen LogP contribution in [-0.2, 0) is 9.53 Å². The highest BCUT2D eigenvalue weighted by atomic mass is 16.6. The average molecular weight is 376 g/mol. The number of likely N-dealkylation sites (tertiary alicyclic amines) is 1. The van der Waals surface area contributed by atoms with Crippen LogP contribution in [0, 0.1) is 0 Å². The van der Waals surface area contributed by atoms with Crippen LogP contribution in [-0.4, -0.2) is 40.6 Å². The molecule has 2 rings (SSSR count). The van der Waals surface area contributed by atoms with Crippen molar-refractivity contribution >= 4 is 17.8 Å². The summed E-state index contributed by atoms with van der Waals surface area (Å²) in [5.74, 6) is 0.672. The molecular formula is C21H33N3O3. The summed E-state index contributed by atoms with van der Waals surface area (Å²) in [5.41, 5.74) is 0.349. The fraction of sp³-hybridized carbons (Fsp3) is 0.667. The summed E-state index contributed by atoms with van der Waals surface area (Å²) in [6.07, 6.45) is 6.08. The van der Waals surface area contributed by atoms with E-state index in [1.807, 2.05) is 37.8 Å². The lowest BCUT2D eigenvalue weighted by Gasteiger charge is -2.37. The van der Waals surface area contributed by atoms with Gasteiger partial charge in [-0.15, -0.1) is 0 Å². The van der Waals surface area contributed by atoms with Crippen LogP contribution in [0.25, 0.3) is 0 Å². The maximum atomic E-state index is 12.9. The number of hydrogen-bond acceptors (Lipinski definition) is 4. The molecule has 6 heteroatoms. The Hall–Kier alpha value is -2.11. The first-order chi connectivity index (χ1) is 12.7. The van der Waals surface area contributed by atoms with Gasteiger partial charge >= 0.3 is 6.09 Å². The van der Waals surface area contributed by atoms with Crippen LogP contribution in [0.15, 0.2) is 18.3 Å². The summed E-state index contributed by atoms with van der Waals surface area (Å²) in [7, 11) is 0. The molecule has 0 bridgehead atoms. The van der Waals surface area contributed by atoms with E-state index >= 15 is 0 Å². The monoisotopic (exact) mass is 375 g/mol. The summed E-state index contributed by atoms with van der Waals surface area (Å²) >= 11 is 0. The molecule has 150 valence electrons. The Morgan fingerprint density at radius 3 is 2.70 bits per heavy atom. The van der Waals surface area contributed by atoms with E-state index in [9.17, 15) is 9.59 Å². The van der Waals surface area contributed by atoms with E-state index in [4.69, 9.17) is 4.74 Å². The summed E-state index contributed by atoms with van der Waals surface area (Å²) in [6, 6.07) is 3.81. The highest BCUT2D eigenvalue weighted by Crippen LogP contribution is 2.36. The zero-order valence-corrected chi connectivity index (χ0v) is 17.3. The number of rotatable bonds is 5. The topological polar surface area (TPSA) is 62.7 Å². The van der Waals surface area contributed by atoms with Crippen LogP contribution in [0.4, 0.5) is 10.6 Å². The number of pyridine rings is 1. The van der Waals surface area contributed by atoms with Crippen molar-refractivity contribution in [2.75, 3.05) is 18.0 Å². The van der Waals surface area contributed by atoms with Crippen molar-refractivity contribution in [3.8, 4) is 0 Å². The third kappa shape index (κ3) is 5.68. The highest BCUT2D eigenvalue weighted by Gasteiger charge is 2.32. The van der Waals surface area contributed by atoms with Crippen LogP contribution in [0.5, 0.6) is 0 Å². The third-order valence-corrected chi connectivity index (χ3v) is 4.69. The quantitative estimate of drug-likeness (QED) is 0.748. The number of carbonyl (C=O) groups is 2. The molecule has 0 unspecified atom stereocenters. The van der Waals surface area contributed by atoms with Gasteiger partial charge in [0.25, 0.3) is 0 Å². The molecule has 1 aliphatic rings. The van der Waals surface area contributed by atoms with Gasteiger partial charge in [0.2, 0.25) is 5.91 Å². The first-order valence-corrected chi connectivity index (χ1v) is 9.97. The molecule has 0 N–H and O–H groups in total. The molecule has 0 saturated carbocycles. The van der Waals surface area contributed by atoms with Gasteiger partial charge < -0.3 is 9.64 Å². The van der Waals surface area contributed by atoms with Crippen molar-refractivity contribution in [3.63, 3.8) is 0 Å². The zero-order valence-electron chi connectivity index (χ0n) is 17.3. The summed E-state index contributed by atoms with van der Waals surface area (Å²) < 4.78 is 5.63. The van der Waals surface area contributed by atoms with Gasteiger partial charge in [-0.1, -0.05) is 19.4 Å². The van der Waals surface area contributed by atoms with E-state index in [1.165, 1.54) is 0 Å². The van der Waals surface area contributed by atoms with Gasteiger partial charge in [-0.2, -0.15) is 0 Å². The minimum atomic E-state index is -0.577. The largest absolute Gasteiger partial charge is 0.443 e. The van der Waals surface area contributed by atoms with Crippen LogP contribution in [0.3, 0.4) is 0 Å². The maximum absolute atomic E-state index is 12.9. The zero-order chi connectivity index (χ0) is 20.0. The fourth-order valence-electron chi connectivity index (χ4n) is 3.44. The van der Waals surface area contributed by atoms with Crippen molar-refractivity contribution in [2.45, 2.75) is 78.4 Å². The second kappa shape index (κ2) is 9.20. The minimum Gasteiger partial charge on any atom is -0.443 e. The summed E-state index contributed by atoms with van der Waals surface area (Å²) in [4.78, 5) is 33.1. The van der Waals surface area contributed by atoms with Crippen LogP contribution >= 0.6 is 0 Å². The molecule has 1 saturated heterocycles. The van der Waals surface area contributed by atoms with E-state index in [2.05, 4.69) is 11.9 Å². The predicted molar refractivity (Wildman–Crippen MR) is 107 cm³/mol. The Kier molecular flexibility index (Phi) is 7.22. The van der Waals surface area contributed by atoms with Gasteiger partial charge in [-0.3, -0.25) is 9.69 Å². The molecule has 1 aliphatic heterocycles. The van der Waals surface area contributed by atoms with E-state index in [0.29, 0.717) is 12.4 Å². The molecule has 6 nitrogen and oxygen atoms in total. The lowest BCUT2D eigenvalue weighted by molar-refractivity contribution is -0.132. The Balaban J connectivity index is 2.41. The summed E-state index contributed by atoms with van der Waals surface area (Å²) in [6.45, 7) is 10.6. The first kappa shape index (κ1) is 21.2. The van der Waals surface area contributed by atoms with Gasteiger partial charge in [0.15, 0.2) is 0 Å². The van der Waals surface area contributed by atoms with Crippen LogP contribution in [0.2, 0.25) is 0 Å². The molecule has 0 aliphatic carbocycles. The van der Waals surface area contributed by atoms with E-state index in [-0.39, 0.29) is 18.0 Å². The number of carbonyl (C=O) groups excluding carboxylic acids is 2. The second-order valence-electron chi connectivity index (χ2n) is 8.13. The molecule has 2 amide bonds. The summed E-state index contributed by atoms with van der Waals surface area (Å²) in [5, 5.41) is 0. The fourth-order valence-corrected chi connectivity index (χ4v) is 3.44. The van der Waals surface area contributed by atoms with Crippen molar-refractivity contribution in [3.05, 3.63) is 23.9 Å². The van der Waals surface area contributed by atoms with Gasteiger partial charge in [0, 0.05) is 31.8 Å². The number of nitrogens with zero attached hydrogens (tertiary/aromatic N) is 3. The predicted octanol–water partition coefficient (Wildman–Crippen LogP) is 4.70. The lowest BCUT2D eigenvalue weighted by atomic mass is 9.95. The smallest absolute Gasteiger partial charge is 0.416 e. The molecule has 1 fully saturated rings.